The molecule has 0 spiro atoms. The highest BCUT2D eigenvalue weighted by Gasteiger charge is 2.77. The summed E-state index contributed by atoms with van der Waals surface area (Å²) in [6, 6.07) is 17.5. The summed E-state index contributed by atoms with van der Waals surface area (Å²) in [5.41, 5.74) is -3.11. The predicted molar refractivity (Wildman–Crippen MR) is 225 cm³/mol. The SMILES string of the molecule is C=C(O[C@H]1C[C@@]2(O)C(OC(=O)c3ccccc3)C3[C@](C)(C(=C)[C@H](OC)C(=C1C)C2(C)C)[C@@H](OC)C[C@H]1OC[C@@]31OC(C)=O)[C@H](C)[C@@H](NC(=O)OC(C)(C)C)c1ccccc1. The molecule has 12 nitrogen and oxygen atoms in total. The van der Waals surface area contributed by atoms with Crippen LogP contribution in [-0.4, -0.2) is 91.3 Å². The van der Waals surface area contributed by atoms with Gasteiger partial charge in [0.1, 0.15) is 35.6 Å². The van der Waals surface area contributed by atoms with E-state index < -0.39 is 94.1 Å². The Bertz CT molecular complexity index is 2010. The fourth-order valence-electron chi connectivity index (χ4n) is 10.5. The molecule has 1 aliphatic heterocycles. The van der Waals surface area contributed by atoms with Crippen LogP contribution >= 0.6 is 0 Å². The van der Waals surface area contributed by atoms with Crippen LogP contribution in [0.15, 0.2) is 96.3 Å². The number of fused-ring (bicyclic) bond motifs is 5. The fraction of sp³-hybridized carbons (Fsp3) is 0.562. The topological polar surface area (TPSA) is 148 Å². The number of hydrogen-bond acceptors (Lipinski definition) is 11. The van der Waals surface area contributed by atoms with Crippen LogP contribution in [0.2, 0.25) is 0 Å². The molecule has 2 aromatic carbocycles. The summed E-state index contributed by atoms with van der Waals surface area (Å²) in [6.07, 6.45) is -4.52. The lowest BCUT2D eigenvalue weighted by Crippen LogP contribution is -2.80. The lowest BCUT2D eigenvalue weighted by atomic mass is 9.44. The van der Waals surface area contributed by atoms with E-state index in [0.717, 1.165) is 11.1 Å². The van der Waals surface area contributed by atoms with Crippen LogP contribution in [0, 0.1) is 22.7 Å². The highest BCUT2D eigenvalue weighted by Crippen LogP contribution is 2.67. The number of esters is 2. The van der Waals surface area contributed by atoms with Crippen LogP contribution in [0.3, 0.4) is 0 Å². The monoisotopic (exact) mass is 829 g/mol. The summed E-state index contributed by atoms with van der Waals surface area (Å²) in [4.78, 5) is 40.8. The van der Waals surface area contributed by atoms with E-state index in [9.17, 15) is 19.5 Å². The Hall–Kier alpha value is -4.49. The molecule has 12 heteroatoms. The van der Waals surface area contributed by atoms with Crippen LogP contribution in [0.4, 0.5) is 4.79 Å². The molecule has 1 saturated heterocycles. The molecule has 3 fully saturated rings. The first-order chi connectivity index (χ1) is 28.1. The molecule has 1 amide bonds. The molecule has 2 saturated carbocycles. The molecule has 4 aliphatic rings. The maximum absolute atomic E-state index is 14.4. The number of benzene rings is 2. The molecule has 60 heavy (non-hydrogen) atoms. The minimum atomic E-state index is -1.92. The maximum Gasteiger partial charge on any atom is 0.408 e. The second-order valence-electron chi connectivity index (χ2n) is 18.6. The molecule has 2 N–H and O–H groups in total. The minimum Gasteiger partial charge on any atom is -0.491 e. The summed E-state index contributed by atoms with van der Waals surface area (Å²) in [5, 5.41) is 17.0. The van der Waals surface area contributed by atoms with Crippen molar-refractivity contribution in [3.05, 3.63) is 107 Å². The summed E-state index contributed by atoms with van der Waals surface area (Å²) in [6.45, 7) is 25.5. The van der Waals surface area contributed by atoms with Crippen LogP contribution in [-0.2, 0) is 38.0 Å². The quantitative estimate of drug-likeness (QED) is 0.0989. The average Bonchev–Trinajstić information content (AvgIpc) is 3.18. The van der Waals surface area contributed by atoms with Crippen LogP contribution < -0.4 is 5.32 Å². The van der Waals surface area contributed by atoms with Gasteiger partial charge < -0.3 is 43.6 Å². The average molecular weight is 830 g/mol. The van der Waals surface area contributed by atoms with Crippen molar-refractivity contribution in [3.63, 3.8) is 0 Å². The number of alkyl carbamates (subject to hydrolysis) is 1. The summed E-state index contributed by atoms with van der Waals surface area (Å²) < 4.78 is 44.5. The molecular weight excluding hydrogens is 767 g/mol. The van der Waals surface area contributed by atoms with E-state index in [1.807, 2.05) is 65.0 Å². The number of hydrogen-bond donors (Lipinski definition) is 2. The van der Waals surface area contributed by atoms with E-state index >= 15 is 0 Å². The van der Waals surface area contributed by atoms with E-state index in [2.05, 4.69) is 11.9 Å². The molecule has 2 unspecified atom stereocenters. The van der Waals surface area contributed by atoms with Crippen molar-refractivity contribution in [1.82, 2.24) is 5.32 Å². The third kappa shape index (κ3) is 7.58. The number of ether oxygens (including phenoxy) is 7. The first-order valence-corrected chi connectivity index (χ1v) is 20.7. The van der Waals surface area contributed by atoms with Gasteiger partial charge in [-0.1, -0.05) is 89.4 Å². The predicted octanol–water partition coefficient (Wildman–Crippen LogP) is 7.82. The normalized spacial score (nSPS) is 33.0. The molecule has 2 bridgehead atoms. The van der Waals surface area contributed by atoms with Gasteiger partial charge in [0.2, 0.25) is 0 Å². The molecule has 1 heterocycles. The van der Waals surface area contributed by atoms with Crippen molar-refractivity contribution in [3.8, 4) is 0 Å². The van der Waals surface area contributed by atoms with Gasteiger partial charge in [-0.15, -0.1) is 0 Å². The Labute approximate surface area is 354 Å². The van der Waals surface area contributed by atoms with E-state index in [1.165, 1.54) is 6.92 Å². The second-order valence-corrected chi connectivity index (χ2v) is 18.6. The Morgan fingerprint density at radius 2 is 1.58 bits per heavy atom. The van der Waals surface area contributed by atoms with Crippen LogP contribution in [0.1, 0.15) is 97.1 Å². The van der Waals surface area contributed by atoms with Gasteiger partial charge >= 0.3 is 18.0 Å². The number of amides is 1. The maximum atomic E-state index is 14.4. The lowest BCUT2D eigenvalue weighted by Gasteiger charge is -2.69. The van der Waals surface area contributed by atoms with Crippen molar-refractivity contribution < 1.29 is 52.6 Å². The lowest BCUT2D eigenvalue weighted by molar-refractivity contribution is -0.348. The van der Waals surface area contributed by atoms with Crippen LogP contribution in [0.5, 0.6) is 0 Å². The molecule has 11 atom stereocenters. The third-order valence-electron chi connectivity index (χ3n) is 13.8. The molecule has 326 valence electrons. The summed E-state index contributed by atoms with van der Waals surface area (Å²) >= 11 is 0. The molecule has 6 rings (SSSR count). The zero-order valence-corrected chi connectivity index (χ0v) is 37.0. The van der Waals surface area contributed by atoms with Crippen molar-refractivity contribution in [2.24, 2.45) is 22.7 Å². The largest absolute Gasteiger partial charge is 0.491 e. The van der Waals surface area contributed by atoms with Gasteiger partial charge in [-0.3, -0.25) is 4.79 Å². The highest BCUT2D eigenvalue weighted by atomic mass is 16.6. The van der Waals surface area contributed by atoms with Crippen molar-refractivity contribution >= 4 is 18.0 Å². The van der Waals surface area contributed by atoms with E-state index in [1.54, 1.807) is 65.3 Å². The highest BCUT2D eigenvalue weighted by molar-refractivity contribution is 5.89. The third-order valence-corrected chi connectivity index (χ3v) is 13.8. The Kier molecular flexibility index (Phi) is 12.3. The summed E-state index contributed by atoms with van der Waals surface area (Å²) in [7, 11) is 3.20. The van der Waals surface area contributed by atoms with E-state index in [4.69, 9.17) is 39.7 Å². The molecule has 2 aromatic rings. The van der Waals surface area contributed by atoms with E-state index in [-0.39, 0.29) is 18.6 Å². The number of carbonyl (C=O) groups excluding carboxylic acids is 3. The van der Waals surface area contributed by atoms with Crippen molar-refractivity contribution in [2.75, 3.05) is 20.8 Å². The minimum absolute atomic E-state index is 0.00371. The Morgan fingerprint density at radius 1 is 0.967 bits per heavy atom. The van der Waals surface area contributed by atoms with Gasteiger partial charge in [0.25, 0.3) is 0 Å². The molecule has 3 aliphatic carbocycles. The Balaban J connectivity index is 1.52. The molecule has 0 aromatic heterocycles. The fourth-order valence-corrected chi connectivity index (χ4v) is 10.5. The molecular formula is C48H63NO11. The van der Waals surface area contributed by atoms with Crippen LogP contribution in [0.25, 0.3) is 0 Å². The zero-order chi connectivity index (χ0) is 44.2. The van der Waals surface area contributed by atoms with Crippen molar-refractivity contribution in [1.29, 1.82) is 0 Å². The van der Waals surface area contributed by atoms with Gasteiger partial charge in [-0.05, 0) is 62.1 Å². The summed E-state index contributed by atoms with van der Waals surface area (Å²) in [5.74, 6) is -2.33. The van der Waals surface area contributed by atoms with Gasteiger partial charge in [0.15, 0.2) is 5.60 Å². The van der Waals surface area contributed by atoms with E-state index in [0.29, 0.717) is 23.3 Å². The first kappa shape index (κ1) is 45.0. The standard InChI is InChI=1S/C48H63NO11/c1-27(38(32-20-16-14-17-21-32)49-43(52)60-44(6,7)8)30(4)57-34-25-48(53)41(58-42(51)33-22-18-15-19-23-33)40-46(11,29(3)39(55-13)37(28(34)2)45(48,9)10)35(54-12)24-36-47(40,26-56-36)59-31(5)50/h14-23,27,34-36,38-41,53H,3-4,24-26H2,1-2,5-13H3,(H,49,52)/t27-,34-,35-,36+,38+,39-,40?,41?,46+,47-,48+/m0/s1. The van der Waals surface area contributed by atoms with Gasteiger partial charge in [0.05, 0.1) is 36.0 Å². The smallest absolute Gasteiger partial charge is 0.408 e. The number of nitrogens with one attached hydrogen (secondary N) is 1. The second kappa shape index (κ2) is 16.4. The number of aliphatic hydroxyl groups is 1. The number of rotatable bonds is 11. The van der Waals surface area contributed by atoms with Gasteiger partial charge in [0, 0.05) is 50.7 Å². The van der Waals surface area contributed by atoms with Crippen molar-refractivity contribution in [2.45, 2.75) is 129 Å². The van der Waals surface area contributed by atoms with Gasteiger partial charge in [-0.2, -0.15) is 0 Å². The van der Waals surface area contributed by atoms with Gasteiger partial charge in [-0.25, -0.2) is 9.59 Å². The first-order valence-electron chi connectivity index (χ1n) is 20.7. The zero-order valence-electron chi connectivity index (χ0n) is 37.0. The molecule has 0 radical (unpaired) electrons. The Morgan fingerprint density at radius 3 is 2.12 bits per heavy atom. The number of carbonyl (C=O) groups is 3. The number of methoxy groups -OCH3 is 2.